The minimum Gasteiger partial charge on any atom is -0.496 e. The van der Waals surface area contributed by atoms with Crippen LogP contribution in [0, 0.1) is 19.8 Å². The summed E-state index contributed by atoms with van der Waals surface area (Å²) in [6.45, 7) is 3.94. The molecular formula is C17H25NO2. The van der Waals surface area contributed by atoms with Crippen molar-refractivity contribution in [3.63, 3.8) is 0 Å². The van der Waals surface area contributed by atoms with E-state index in [4.69, 9.17) is 10.5 Å². The zero-order valence-electron chi connectivity index (χ0n) is 12.7. The van der Waals surface area contributed by atoms with Crippen molar-refractivity contribution in [3.8, 4) is 5.75 Å². The molecule has 0 spiro atoms. The first-order chi connectivity index (χ1) is 9.54. The average Bonchev–Trinajstić information content (AvgIpc) is 2.64. The summed E-state index contributed by atoms with van der Waals surface area (Å²) < 4.78 is 5.31. The first-order valence-electron chi connectivity index (χ1n) is 7.49. The summed E-state index contributed by atoms with van der Waals surface area (Å²) in [4.78, 5) is 12.8. The van der Waals surface area contributed by atoms with Crippen LogP contribution in [-0.2, 0) is 0 Å². The lowest BCUT2D eigenvalue weighted by molar-refractivity contribution is 0.0894. The third-order valence-electron chi connectivity index (χ3n) is 4.41. The number of nitrogens with two attached hydrogens (primary N) is 1. The van der Waals surface area contributed by atoms with Gasteiger partial charge in [-0.3, -0.25) is 4.79 Å². The summed E-state index contributed by atoms with van der Waals surface area (Å²) in [7, 11) is 1.66. The molecular weight excluding hydrogens is 250 g/mol. The third kappa shape index (κ3) is 3.04. The highest BCUT2D eigenvalue weighted by Gasteiger charge is 2.28. The summed E-state index contributed by atoms with van der Waals surface area (Å²) in [6.07, 6.45) is 5.33. The highest BCUT2D eigenvalue weighted by Crippen LogP contribution is 2.29. The number of aryl methyl sites for hydroxylation is 2. The van der Waals surface area contributed by atoms with Gasteiger partial charge in [-0.2, -0.15) is 0 Å². The first kappa shape index (κ1) is 15.0. The van der Waals surface area contributed by atoms with Crippen molar-refractivity contribution in [2.75, 3.05) is 7.11 Å². The van der Waals surface area contributed by atoms with Gasteiger partial charge in [0.1, 0.15) is 5.75 Å². The Hall–Kier alpha value is -1.35. The molecule has 0 aliphatic heterocycles. The number of hydrogen-bond acceptors (Lipinski definition) is 3. The molecule has 0 heterocycles. The molecule has 1 aliphatic carbocycles. The zero-order valence-corrected chi connectivity index (χ0v) is 12.7. The van der Waals surface area contributed by atoms with Crippen LogP contribution in [0.2, 0.25) is 0 Å². The summed E-state index contributed by atoms with van der Waals surface area (Å²) in [5.41, 5.74) is 9.01. The van der Waals surface area contributed by atoms with Crippen molar-refractivity contribution in [2.45, 2.75) is 52.0 Å². The van der Waals surface area contributed by atoms with E-state index < -0.39 is 0 Å². The normalized spacial score (nSPS) is 23.2. The van der Waals surface area contributed by atoms with E-state index in [1.807, 2.05) is 26.0 Å². The predicted octanol–water partition coefficient (Wildman–Crippen LogP) is 3.40. The molecule has 1 aliphatic rings. The van der Waals surface area contributed by atoms with Crippen LogP contribution in [0.15, 0.2) is 12.1 Å². The van der Waals surface area contributed by atoms with E-state index in [0.717, 1.165) is 48.1 Å². The maximum atomic E-state index is 12.8. The lowest BCUT2D eigenvalue weighted by Crippen LogP contribution is -2.35. The fourth-order valence-electron chi connectivity index (χ4n) is 3.14. The van der Waals surface area contributed by atoms with Gasteiger partial charge in [-0.25, -0.2) is 0 Å². The van der Waals surface area contributed by atoms with Crippen molar-refractivity contribution < 1.29 is 9.53 Å². The standard InChI is InChI=1S/C17H25NO2/c1-11-10-16(20-3)12(2)9-14(11)17(19)13-7-5-4-6-8-15(13)18/h9-10,13,15H,4-8,18H2,1-3H3. The Morgan fingerprint density at radius 3 is 2.55 bits per heavy atom. The molecule has 0 radical (unpaired) electrons. The van der Waals surface area contributed by atoms with E-state index in [0.29, 0.717) is 0 Å². The van der Waals surface area contributed by atoms with Gasteiger partial charge in [0.25, 0.3) is 0 Å². The largest absolute Gasteiger partial charge is 0.496 e. The minimum absolute atomic E-state index is 0.00630. The predicted molar refractivity (Wildman–Crippen MR) is 81.3 cm³/mol. The van der Waals surface area contributed by atoms with Gasteiger partial charge in [-0.05, 0) is 49.9 Å². The van der Waals surface area contributed by atoms with Crippen LogP contribution in [0.3, 0.4) is 0 Å². The van der Waals surface area contributed by atoms with E-state index in [9.17, 15) is 4.79 Å². The average molecular weight is 275 g/mol. The Balaban J connectivity index is 2.30. The Labute approximate surface area is 121 Å². The zero-order chi connectivity index (χ0) is 14.7. The van der Waals surface area contributed by atoms with Gasteiger partial charge in [0.05, 0.1) is 7.11 Å². The van der Waals surface area contributed by atoms with Crippen LogP contribution < -0.4 is 10.5 Å². The van der Waals surface area contributed by atoms with E-state index in [-0.39, 0.29) is 17.7 Å². The summed E-state index contributed by atoms with van der Waals surface area (Å²) >= 11 is 0. The van der Waals surface area contributed by atoms with Gasteiger partial charge >= 0.3 is 0 Å². The van der Waals surface area contributed by atoms with Crippen LogP contribution in [0.25, 0.3) is 0 Å². The fraction of sp³-hybridized carbons (Fsp3) is 0.588. The van der Waals surface area contributed by atoms with Crippen molar-refractivity contribution in [1.82, 2.24) is 0 Å². The quantitative estimate of drug-likeness (QED) is 0.679. The second-order valence-corrected chi connectivity index (χ2v) is 5.91. The molecule has 2 atom stereocenters. The lowest BCUT2D eigenvalue weighted by atomic mass is 9.85. The Morgan fingerprint density at radius 1 is 1.15 bits per heavy atom. The van der Waals surface area contributed by atoms with Gasteiger partial charge in [0.2, 0.25) is 0 Å². The number of ketones is 1. The van der Waals surface area contributed by atoms with E-state index >= 15 is 0 Å². The van der Waals surface area contributed by atoms with Gasteiger partial charge < -0.3 is 10.5 Å². The van der Waals surface area contributed by atoms with Crippen molar-refractivity contribution >= 4 is 5.78 Å². The molecule has 2 rings (SSSR count). The monoisotopic (exact) mass is 275 g/mol. The highest BCUT2D eigenvalue weighted by molar-refractivity contribution is 6.00. The second kappa shape index (κ2) is 6.40. The van der Waals surface area contributed by atoms with E-state index in [2.05, 4.69) is 0 Å². The molecule has 1 fully saturated rings. The highest BCUT2D eigenvalue weighted by atomic mass is 16.5. The van der Waals surface area contributed by atoms with Crippen molar-refractivity contribution in [3.05, 3.63) is 28.8 Å². The Kier molecular flexibility index (Phi) is 4.81. The molecule has 110 valence electrons. The molecule has 20 heavy (non-hydrogen) atoms. The number of carbonyl (C=O) groups is 1. The molecule has 1 saturated carbocycles. The SMILES string of the molecule is COc1cc(C)c(C(=O)C2CCCCCC2N)cc1C. The van der Waals surface area contributed by atoms with Crippen LogP contribution in [0.1, 0.15) is 53.6 Å². The topological polar surface area (TPSA) is 52.3 Å². The van der Waals surface area contributed by atoms with Gasteiger partial charge in [-0.1, -0.05) is 19.3 Å². The number of ether oxygens (including phenoxy) is 1. The second-order valence-electron chi connectivity index (χ2n) is 5.91. The third-order valence-corrected chi connectivity index (χ3v) is 4.41. The maximum absolute atomic E-state index is 12.8. The number of benzene rings is 1. The summed E-state index contributed by atoms with van der Waals surface area (Å²) in [5.74, 6) is 1.02. The number of rotatable bonds is 3. The first-order valence-corrected chi connectivity index (χ1v) is 7.49. The van der Waals surface area contributed by atoms with Crippen LogP contribution >= 0.6 is 0 Å². The van der Waals surface area contributed by atoms with Crippen LogP contribution in [0.5, 0.6) is 5.75 Å². The summed E-state index contributed by atoms with van der Waals surface area (Å²) in [6, 6.07) is 3.91. The fourth-order valence-corrected chi connectivity index (χ4v) is 3.14. The smallest absolute Gasteiger partial charge is 0.167 e. The number of methoxy groups -OCH3 is 1. The van der Waals surface area contributed by atoms with E-state index in [1.165, 1.54) is 6.42 Å². The lowest BCUT2D eigenvalue weighted by Gasteiger charge is -2.21. The van der Waals surface area contributed by atoms with Crippen molar-refractivity contribution in [2.24, 2.45) is 11.7 Å². The summed E-state index contributed by atoms with van der Waals surface area (Å²) in [5, 5.41) is 0. The molecule has 3 nitrogen and oxygen atoms in total. The Morgan fingerprint density at radius 2 is 1.85 bits per heavy atom. The van der Waals surface area contributed by atoms with Gasteiger partial charge in [-0.15, -0.1) is 0 Å². The number of carbonyl (C=O) groups excluding carboxylic acids is 1. The minimum atomic E-state index is -0.0241. The number of Topliss-reactive ketones (excluding diaryl/α,β-unsaturated/α-hetero) is 1. The molecule has 0 amide bonds. The molecule has 2 N–H and O–H groups in total. The Bertz CT molecular complexity index is 496. The molecule has 2 unspecified atom stereocenters. The number of hydrogen-bond donors (Lipinski definition) is 1. The van der Waals surface area contributed by atoms with Crippen LogP contribution in [-0.4, -0.2) is 18.9 Å². The molecule has 1 aromatic carbocycles. The van der Waals surface area contributed by atoms with E-state index in [1.54, 1.807) is 7.11 Å². The molecule has 0 saturated heterocycles. The van der Waals surface area contributed by atoms with Gasteiger partial charge in [0, 0.05) is 17.5 Å². The van der Waals surface area contributed by atoms with Crippen molar-refractivity contribution in [1.29, 1.82) is 0 Å². The molecule has 0 bridgehead atoms. The maximum Gasteiger partial charge on any atom is 0.167 e. The van der Waals surface area contributed by atoms with Gasteiger partial charge in [0.15, 0.2) is 5.78 Å². The molecule has 1 aromatic rings. The molecule has 0 aromatic heterocycles. The van der Waals surface area contributed by atoms with Crippen LogP contribution in [0.4, 0.5) is 0 Å². The molecule has 3 heteroatoms.